The second kappa shape index (κ2) is 5.25. The molecule has 1 aliphatic rings. The van der Waals surface area contributed by atoms with Crippen molar-refractivity contribution in [3.8, 4) is 11.4 Å². The maximum absolute atomic E-state index is 6.50. The highest BCUT2D eigenvalue weighted by atomic mass is 35.5. The lowest BCUT2D eigenvalue weighted by Crippen LogP contribution is -1.98. The van der Waals surface area contributed by atoms with Crippen LogP contribution in [0.1, 0.15) is 30.5 Å². The fourth-order valence-corrected chi connectivity index (χ4v) is 2.94. The number of ether oxygens (including phenoxy) is 1. The molecule has 4 heteroatoms. The number of halogens is 1. The summed E-state index contributed by atoms with van der Waals surface area (Å²) in [6, 6.07) is 7.84. The molecule has 19 heavy (non-hydrogen) atoms. The minimum Gasteiger partial charge on any atom is -0.497 e. The molecule has 0 amide bonds. The number of aromatic nitrogens is 2. The highest BCUT2D eigenvalue weighted by molar-refractivity contribution is 6.30. The number of nitrogens with zero attached hydrogens (tertiary/aromatic N) is 2. The first-order chi connectivity index (χ1) is 9.29. The van der Waals surface area contributed by atoms with Gasteiger partial charge in [0.05, 0.1) is 18.5 Å². The first-order valence-corrected chi connectivity index (χ1v) is 7.08. The van der Waals surface area contributed by atoms with E-state index in [1.807, 2.05) is 28.9 Å². The molecule has 1 aliphatic carbocycles. The van der Waals surface area contributed by atoms with Gasteiger partial charge in [0.2, 0.25) is 0 Å². The first-order valence-electron chi connectivity index (χ1n) is 6.70. The maximum atomic E-state index is 6.50. The molecule has 0 saturated carbocycles. The second-order valence-corrected chi connectivity index (χ2v) is 5.25. The minimum absolute atomic E-state index is 0.755. The van der Waals surface area contributed by atoms with Gasteiger partial charge in [0.1, 0.15) is 10.9 Å². The number of fused-ring (bicyclic) bond motifs is 1. The Morgan fingerprint density at radius 3 is 2.89 bits per heavy atom. The van der Waals surface area contributed by atoms with Crippen LogP contribution in [0, 0.1) is 0 Å². The molecular formula is C15H17ClN2O. The molecule has 0 aliphatic heterocycles. The van der Waals surface area contributed by atoms with Crippen LogP contribution in [0.3, 0.4) is 0 Å². The number of hydrogen-bond donors (Lipinski definition) is 0. The summed E-state index contributed by atoms with van der Waals surface area (Å²) < 4.78 is 7.09. The Kier molecular flexibility index (Phi) is 3.47. The van der Waals surface area contributed by atoms with Gasteiger partial charge in [-0.3, -0.25) is 0 Å². The summed E-state index contributed by atoms with van der Waals surface area (Å²) in [7, 11) is 1.67. The Morgan fingerprint density at radius 1 is 1.21 bits per heavy atom. The fourth-order valence-electron chi connectivity index (χ4n) is 2.60. The predicted octanol–water partition coefficient (Wildman–Crippen LogP) is 3.80. The van der Waals surface area contributed by atoms with Crippen LogP contribution in [0.5, 0.6) is 5.75 Å². The Bertz CT molecular complexity index is 592. The number of benzene rings is 1. The summed E-state index contributed by atoms with van der Waals surface area (Å²) in [6.07, 6.45) is 5.75. The van der Waals surface area contributed by atoms with Crippen LogP contribution >= 0.6 is 11.6 Å². The Balaban J connectivity index is 2.05. The quantitative estimate of drug-likeness (QED) is 0.780. The van der Waals surface area contributed by atoms with Crippen molar-refractivity contribution in [2.45, 2.75) is 32.1 Å². The van der Waals surface area contributed by atoms with Gasteiger partial charge in [-0.1, -0.05) is 24.1 Å². The van der Waals surface area contributed by atoms with Gasteiger partial charge in [0.25, 0.3) is 0 Å². The van der Waals surface area contributed by atoms with E-state index in [1.54, 1.807) is 7.11 Å². The SMILES string of the molecule is COc1cccc(-n2nc3c(c2Cl)CCCCC3)c1. The normalized spacial score (nSPS) is 14.8. The summed E-state index contributed by atoms with van der Waals surface area (Å²) in [5, 5.41) is 5.44. The highest BCUT2D eigenvalue weighted by Gasteiger charge is 2.19. The van der Waals surface area contributed by atoms with Gasteiger partial charge in [0.15, 0.2) is 0 Å². The van der Waals surface area contributed by atoms with E-state index in [1.165, 1.54) is 24.8 Å². The minimum atomic E-state index is 0.755. The van der Waals surface area contributed by atoms with Gasteiger partial charge < -0.3 is 4.74 Å². The van der Waals surface area contributed by atoms with Crippen LogP contribution in [0.15, 0.2) is 24.3 Å². The summed E-state index contributed by atoms with van der Waals surface area (Å²) in [4.78, 5) is 0. The molecule has 0 saturated heterocycles. The van der Waals surface area contributed by atoms with Crippen molar-refractivity contribution >= 4 is 11.6 Å². The molecular weight excluding hydrogens is 260 g/mol. The number of aryl methyl sites for hydroxylation is 1. The Labute approximate surface area is 118 Å². The standard InChI is InChI=1S/C15H17ClN2O/c1-19-12-7-5-6-11(10-12)18-15(16)13-8-3-2-4-9-14(13)17-18/h5-7,10H,2-4,8-9H2,1H3. The van der Waals surface area contributed by atoms with Crippen molar-refractivity contribution in [2.24, 2.45) is 0 Å². The maximum Gasteiger partial charge on any atom is 0.136 e. The van der Waals surface area contributed by atoms with E-state index < -0.39 is 0 Å². The second-order valence-electron chi connectivity index (χ2n) is 4.89. The van der Waals surface area contributed by atoms with Crippen LogP contribution in [-0.2, 0) is 12.8 Å². The van der Waals surface area contributed by atoms with Gasteiger partial charge in [-0.2, -0.15) is 5.10 Å². The van der Waals surface area contributed by atoms with Crippen molar-refractivity contribution in [1.82, 2.24) is 9.78 Å². The lowest BCUT2D eigenvalue weighted by atomic mass is 10.1. The zero-order valence-electron chi connectivity index (χ0n) is 11.0. The third kappa shape index (κ3) is 2.35. The Hall–Kier alpha value is -1.48. The summed E-state index contributed by atoms with van der Waals surface area (Å²) in [6.45, 7) is 0. The fraction of sp³-hybridized carbons (Fsp3) is 0.400. The van der Waals surface area contributed by atoms with E-state index in [4.69, 9.17) is 16.3 Å². The van der Waals surface area contributed by atoms with Gasteiger partial charge in [-0.05, 0) is 37.8 Å². The molecule has 2 aromatic rings. The van der Waals surface area contributed by atoms with Gasteiger partial charge in [-0.25, -0.2) is 4.68 Å². The lowest BCUT2D eigenvalue weighted by Gasteiger charge is -2.06. The molecule has 100 valence electrons. The summed E-state index contributed by atoms with van der Waals surface area (Å²) in [5.41, 5.74) is 3.34. The van der Waals surface area contributed by atoms with Gasteiger partial charge in [0, 0.05) is 11.6 Å². The van der Waals surface area contributed by atoms with Crippen LogP contribution in [0.4, 0.5) is 0 Å². The molecule has 0 N–H and O–H groups in total. The van der Waals surface area contributed by atoms with E-state index in [9.17, 15) is 0 Å². The third-order valence-electron chi connectivity index (χ3n) is 3.64. The smallest absolute Gasteiger partial charge is 0.136 e. The number of methoxy groups -OCH3 is 1. The Morgan fingerprint density at radius 2 is 2.05 bits per heavy atom. The van der Waals surface area contributed by atoms with E-state index >= 15 is 0 Å². The van der Waals surface area contributed by atoms with Crippen LogP contribution < -0.4 is 4.74 Å². The van der Waals surface area contributed by atoms with Crippen molar-refractivity contribution in [3.05, 3.63) is 40.7 Å². The van der Waals surface area contributed by atoms with Crippen LogP contribution in [0.25, 0.3) is 5.69 Å². The zero-order valence-corrected chi connectivity index (χ0v) is 11.8. The molecule has 0 fully saturated rings. The molecule has 0 unspecified atom stereocenters. The van der Waals surface area contributed by atoms with Crippen molar-refractivity contribution < 1.29 is 4.74 Å². The molecule has 3 nitrogen and oxygen atoms in total. The lowest BCUT2D eigenvalue weighted by molar-refractivity contribution is 0.414. The monoisotopic (exact) mass is 276 g/mol. The predicted molar refractivity (Wildman–Crippen MR) is 76.4 cm³/mol. The van der Waals surface area contributed by atoms with Gasteiger partial charge in [-0.15, -0.1) is 0 Å². The molecule has 0 atom stereocenters. The van der Waals surface area contributed by atoms with Crippen LogP contribution in [0.2, 0.25) is 5.15 Å². The van der Waals surface area contributed by atoms with Crippen molar-refractivity contribution in [2.75, 3.05) is 7.11 Å². The average Bonchev–Trinajstić information content (AvgIpc) is 2.64. The van der Waals surface area contributed by atoms with E-state index in [-0.39, 0.29) is 0 Å². The third-order valence-corrected chi connectivity index (χ3v) is 4.03. The van der Waals surface area contributed by atoms with Crippen molar-refractivity contribution in [1.29, 1.82) is 0 Å². The molecule has 1 aromatic heterocycles. The molecule has 1 heterocycles. The molecule has 3 rings (SSSR count). The van der Waals surface area contributed by atoms with E-state index in [0.717, 1.165) is 35.1 Å². The molecule has 0 bridgehead atoms. The topological polar surface area (TPSA) is 27.1 Å². The zero-order chi connectivity index (χ0) is 13.2. The van der Waals surface area contributed by atoms with E-state index in [0.29, 0.717) is 0 Å². The number of hydrogen-bond acceptors (Lipinski definition) is 2. The van der Waals surface area contributed by atoms with Crippen molar-refractivity contribution in [3.63, 3.8) is 0 Å². The molecule has 0 spiro atoms. The number of rotatable bonds is 2. The van der Waals surface area contributed by atoms with Gasteiger partial charge >= 0.3 is 0 Å². The average molecular weight is 277 g/mol. The first kappa shape index (κ1) is 12.5. The van der Waals surface area contributed by atoms with E-state index in [2.05, 4.69) is 5.10 Å². The molecule has 1 aromatic carbocycles. The molecule has 0 radical (unpaired) electrons. The summed E-state index contributed by atoms with van der Waals surface area (Å²) in [5.74, 6) is 0.819. The van der Waals surface area contributed by atoms with Crippen LogP contribution in [-0.4, -0.2) is 16.9 Å². The largest absolute Gasteiger partial charge is 0.497 e. The highest BCUT2D eigenvalue weighted by Crippen LogP contribution is 2.29. The summed E-state index contributed by atoms with van der Waals surface area (Å²) >= 11 is 6.50.